The van der Waals surface area contributed by atoms with Gasteiger partial charge in [-0.1, -0.05) is 54.6 Å². The van der Waals surface area contributed by atoms with Crippen LogP contribution < -0.4 is 14.2 Å². The summed E-state index contributed by atoms with van der Waals surface area (Å²) in [5.41, 5.74) is 7.02. The quantitative estimate of drug-likeness (QED) is 0.529. The first-order valence-electron chi connectivity index (χ1n) is 8.28. The largest absolute Gasteiger partial charge is 0.492 e. The number of hydrogen-bond donors (Lipinski definition) is 0. The Labute approximate surface area is 147 Å². The van der Waals surface area contributed by atoms with E-state index in [2.05, 4.69) is 36.4 Å². The zero-order chi connectivity index (χ0) is 17.4. The molecule has 3 aromatic carbocycles. The maximum atomic E-state index is 5.80. The van der Waals surface area contributed by atoms with Crippen molar-refractivity contribution >= 4 is 0 Å². The normalized spacial score (nSPS) is 11.6. The van der Waals surface area contributed by atoms with Gasteiger partial charge in [0, 0.05) is 23.1 Å². The zero-order valence-corrected chi connectivity index (χ0v) is 14.6. The molecule has 0 N–H and O–H groups in total. The van der Waals surface area contributed by atoms with E-state index in [1.165, 1.54) is 16.7 Å². The Hall–Kier alpha value is -2.94. The van der Waals surface area contributed by atoms with Gasteiger partial charge in [0.2, 0.25) is 5.75 Å². The van der Waals surface area contributed by atoms with E-state index in [4.69, 9.17) is 14.2 Å². The van der Waals surface area contributed by atoms with Crippen LogP contribution in [-0.4, -0.2) is 21.3 Å². The van der Waals surface area contributed by atoms with E-state index in [1.807, 2.05) is 18.2 Å². The Morgan fingerprint density at radius 3 is 1.96 bits per heavy atom. The number of rotatable bonds is 4. The molecular weight excluding hydrogens is 312 g/mol. The van der Waals surface area contributed by atoms with E-state index in [0.29, 0.717) is 11.5 Å². The summed E-state index contributed by atoms with van der Waals surface area (Å²) >= 11 is 0. The third kappa shape index (κ3) is 2.27. The molecule has 0 amide bonds. The van der Waals surface area contributed by atoms with E-state index in [9.17, 15) is 0 Å². The van der Waals surface area contributed by atoms with Crippen LogP contribution in [0.2, 0.25) is 0 Å². The van der Waals surface area contributed by atoms with E-state index in [0.717, 1.165) is 28.9 Å². The van der Waals surface area contributed by atoms with Crippen LogP contribution in [0.4, 0.5) is 0 Å². The molecule has 0 atom stereocenters. The number of benzene rings is 3. The van der Waals surface area contributed by atoms with Crippen molar-refractivity contribution in [3.63, 3.8) is 0 Å². The van der Waals surface area contributed by atoms with Crippen molar-refractivity contribution in [3.8, 4) is 39.5 Å². The second-order valence-corrected chi connectivity index (χ2v) is 6.03. The highest BCUT2D eigenvalue weighted by Crippen LogP contribution is 2.56. The summed E-state index contributed by atoms with van der Waals surface area (Å²) in [4.78, 5) is 0. The minimum absolute atomic E-state index is 0.649. The van der Waals surface area contributed by atoms with Gasteiger partial charge in [-0.05, 0) is 16.7 Å². The van der Waals surface area contributed by atoms with Gasteiger partial charge in [0.15, 0.2) is 11.5 Å². The van der Waals surface area contributed by atoms with E-state index < -0.39 is 0 Å². The zero-order valence-electron chi connectivity index (χ0n) is 14.6. The summed E-state index contributed by atoms with van der Waals surface area (Å²) in [7, 11) is 5.02. The molecule has 0 bridgehead atoms. The third-order valence-electron chi connectivity index (χ3n) is 4.79. The fourth-order valence-corrected chi connectivity index (χ4v) is 3.78. The Morgan fingerprint density at radius 2 is 1.28 bits per heavy atom. The summed E-state index contributed by atoms with van der Waals surface area (Å²) in [5.74, 6) is 2.11. The first-order chi connectivity index (χ1) is 12.3. The average molecular weight is 332 g/mol. The van der Waals surface area contributed by atoms with Crippen molar-refractivity contribution in [2.75, 3.05) is 21.3 Å². The second-order valence-electron chi connectivity index (χ2n) is 6.03. The van der Waals surface area contributed by atoms with Crippen LogP contribution in [0.3, 0.4) is 0 Å². The van der Waals surface area contributed by atoms with E-state index in [-0.39, 0.29) is 0 Å². The molecule has 25 heavy (non-hydrogen) atoms. The first kappa shape index (κ1) is 15.6. The lowest BCUT2D eigenvalue weighted by molar-refractivity contribution is 0.324. The molecule has 0 saturated heterocycles. The maximum Gasteiger partial charge on any atom is 0.204 e. The lowest BCUT2D eigenvalue weighted by Crippen LogP contribution is -2.01. The SMILES string of the molecule is COc1c2c(c(-c3ccccc3)c(OC)c1OC)-c1ccccc1C2. The molecule has 1 aliphatic carbocycles. The first-order valence-corrected chi connectivity index (χ1v) is 8.28. The molecule has 3 heteroatoms. The van der Waals surface area contributed by atoms with Crippen LogP contribution in [0, 0.1) is 0 Å². The molecule has 4 rings (SSSR count). The van der Waals surface area contributed by atoms with Crippen molar-refractivity contribution in [2.45, 2.75) is 6.42 Å². The molecule has 3 nitrogen and oxygen atoms in total. The standard InChI is InChI=1S/C22H20O3/c1-23-20-17-13-15-11-7-8-12-16(15)19(17)18(14-9-5-4-6-10-14)21(24-2)22(20)25-3/h4-12H,13H2,1-3H3. The number of ether oxygens (including phenoxy) is 3. The minimum atomic E-state index is 0.649. The Bertz CT molecular complexity index is 930. The molecule has 0 radical (unpaired) electrons. The van der Waals surface area contributed by atoms with Gasteiger partial charge < -0.3 is 14.2 Å². The summed E-state index contributed by atoms with van der Waals surface area (Å²) < 4.78 is 17.2. The molecular formula is C22H20O3. The van der Waals surface area contributed by atoms with Crippen molar-refractivity contribution in [1.29, 1.82) is 0 Å². The summed E-state index contributed by atoms with van der Waals surface area (Å²) in [5, 5.41) is 0. The molecule has 0 fully saturated rings. The van der Waals surface area contributed by atoms with Crippen LogP contribution in [-0.2, 0) is 6.42 Å². The van der Waals surface area contributed by atoms with Crippen molar-refractivity contribution in [2.24, 2.45) is 0 Å². The van der Waals surface area contributed by atoms with Gasteiger partial charge in [-0.3, -0.25) is 0 Å². The van der Waals surface area contributed by atoms with Crippen LogP contribution >= 0.6 is 0 Å². The van der Waals surface area contributed by atoms with Crippen molar-refractivity contribution in [3.05, 3.63) is 65.7 Å². The highest BCUT2D eigenvalue weighted by molar-refractivity contribution is 5.97. The van der Waals surface area contributed by atoms with Crippen LogP contribution in [0.25, 0.3) is 22.3 Å². The topological polar surface area (TPSA) is 27.7 Å². The van der Waals surface area contributed by atoms with Crippen LogP contribution in [0.15, 0.2) is 54.6 Å². The van der Waals surface area contributed by atoms with Gasteiger partial charge >= 0.3 is 0 Å². The molecule has 126 valence electrons. The van der Waals surface area contributed by atoms with Gasteiger partial charge in [0.1, 0.15) is 0 Å². The second kappa shape index (κ2) is 6.17. The molecule has 1 aliphatic rings. The van der Waals surface area contributed by atoms with Crippen LogP contribution in [0.5, 0.6) is 17.2 Å². The van der Waals surface area contributed by atoms with Crippen LogP contribution in [0.1, 0.15) is 11.1 Å². The van der Waals surface area contributed by atoms with Gasteiger partial charge in [0.25, 0.3) is 0 Å². The lowest BCUT2D eigenvalue weighted by atomic mass is 9.92. The predicted octanol–water partition coefficient (Wildman–Crippen LogP) is 4.95. The van der Waals surface area contributed by atoms with E-state index in [1.54, 1.807) is 21.3 Å². The summed E-state index contributed by atoms with van der Waals surface area (Å²) in [6.07, 6.45) is 0.828. The minimum Gasteiger partial charge on any atom is -0.492 e. The third-order valence-corrected chi connectivity index (χ3v) is 4.79. The summed E-state index contributed by atoms with van der Waals surface area (Å²) in [6.45, 7) is 0. The molecule has 0 aliphatic heterocycles. The lowest BCUT2D eigenvalue weighted by Gasteiger charge is -2.21. The highest BCUT2D eigenvalue weighted by atomic mass is 16.5. The Morgan fingerprint density at radius 1 is 0.640 bits per heavy atom. The van der Waals surface area contributed by atoms with Crippen molar-refractivity contribution < 1.29 is 14.2 Å². The molecule has 0 heterocycles. The van der Waals surface area contributed by atoms with Gasteiger partial charge in [0.05, 0.1) is 21.3 Å². The van der Waals surface area contributed by atoms with Gasteiger partial charge in [-0.25, -0.2) is 0 Å². The number of hydrogen-bond acceptors (Lipinski definition) is 3. The molecule has 0 saturated carbocycles. The smallest absolute Gasteiger partial charge is 0.204 e. The molecule has 0 unspecified atom stereocenters. The van der Waals surface area contributed by atoms with Gasteiger partial charge in [-0.15, -0.1) is 0 Å². The Balaban J connectivity index is 2.15. The fraction of sp³-hybridized carbons (Fsp3) is 0.182. The number of fused-ring (bicyclic) bond motifs is 3. The molecule has 3 aromatic rings. The average Bonchev–Trinajstić information content (AvgIpc) is 3.05. The monoisotopic (exact) mass is 332 g/mol. The summed E-state index contributed by atoms with van der Waals surface area (Å²) in [6, 6.07) is 18.8. The molecule has 0 aromatic heterocycles. The molecule has 0 spiro atoms. The van der Waals surface area contributed by atoms with Crippen molar-refractivity contribution in [1.82, 2.24) is 0 Å². The highest BCUT2D eigenvalue weighted by Gasteiger charge is 2.32. The predicted molar refractivity (Wildman–Crippen MR) is 99.8 cm³/mol. The fourth-order valence-electron chi connectivity index (χ4n) is 3.78. The maximum absolute atomic E-state index is 5.80. The Kier molecular flexibility index (Phi) is 3.85. The van der Waals surface area contributed by atoms with Gasteiger partial charge in [-0.2, -0.15) is 0 Å². The van der Waals surface area contributed by atoms with E-state index >= 15 is 0 Å². The number of methoxy groups -OCH3 is 3.